The molecule has 2 amide bonds. The minimum absolute atomic E-state index is 0.232. The highest BCUT2D eigenvalue weighted by molar-refractivity contribution is 6.33. The zero-order valence-electron chi connectivity index (χ0n) is 14.2. The Morgan fingerprint density at radius 3 is 2.27 bits per heavy atom. The Morgan fingerprint density at radius 1 is 1.00 bits per heavy atom. The Hall–Kier alpha value is -3.12. The molecule has 0 atom stereocenters. The van der Waals surface area contributed by atoms with Gasteiger partial charge >= 0.3 is 0 Å². The molecular formula is C19H16ClN3O3. The van der Waals surface area contributed by atoms with Gasteiger partial charge < -0.3 is 15.2 Å². The number of rotatable bonds is 4. The topological polar surface area (TPSA) is 84.2 Å². The first kappa shape index (κ1) is 17.7. The van der Waals surface area contributed by atoms with Crippen molar-refractivity contribution in [3.63, 3.8) is 0 Å². The van der Waals surface area contributed by atoms with Crippen LogP contribution in [0.4, 0.5) is 11.4 Å². The number of nitrogens with one attached hydrogen (secondary N) is 2. The quantitative estimate of drug-likeness (QED) is 0.708. The average molecular weight is 370 g/mol. The summed E-state index contributed by atoms with van der Waals surface area (Å²) in [6.07, 6.45) is 0. The number of hydrogen-bond donors (Lipinski definition) is 2. The monoisotopic (exact) mass is 369 g/mol. The summed E-state index contributed by atoms with van der Waals surface area (Å²) >= 11 is 6.23. The molecule has 0 spiro atoms. The first-order valence-electron chi connectivity index (χ1n) is 7.86. The van der Waals surface area contributed by atoms with Gasteiger partial charge in [0.05, 0.1) is 16.4 Å². The third-order valence-electron chi connectivity index (χ3n) is 3.70. The number of halogens is 1. The summed E-state index contributed by atoms with van der Waals surface area (Å²) in [5.41, 5.74) is 2.23. The fourth-order valence-electron chi connectivity index (χ4n) is 2.55. The van der Waals surface area contributed by atoms with Gasteiger partial charge in [0.15, 0.2) is 0 Å². The molecule has 2 aromatic carbocycles. The fraction of sp³-hybridized carbons (Fsp3) is 0.105. The third-order valence-corrected chi connectivity index (χ3v) is 4.03. The van der Waals surface area contributed by atoms with Crippen LogP contribution in [0.25, 0.3) is 11.3 Å². The molecule has 0 saturated carbocycles. The van der Waals surface area contributed by atoms with Crippen LogP contribution in [0.5, 0.6) is 0 Å². The molecule has 0 bridgehead atoms. The normalized spacial score (nSPS) is 10.4. The molecule has 132 valence electrons. The number of hydrogen-bond acceptors (Lipinski definition) is 4. The molecule has 0 aliphatic carbocycles. The second-order valence-corrected chi connectivity index (χ2v) is 6.03. The summed E-state index contributed by atoms with van der Waals surface area (Å²) in [5.74, 6) is -0.268. The molecule has 6 nitrogen and oxygen atoms in total. The van der Waals surface area contributed by atoms with E-state index < -0.39 is 5.91 Å². The van der Waals surface area contributed by atoms with E-state index in [1.807, 2.05) is 0 Å². The maximum atomic E-state index is 12.9. The van der Waals surface area contributed by atoms with Crippen LogP contribution in [-0.2, 0) is 4.79 Å². The van der Waals surface area contributed by atoms with Crippen LogP contribution < -0.4 is 10.6 Å². The molecule has 0 aliphatic rings. The maximum absolute atomic E-state index is 12.9. The Labute approximate surface area is 155 Å². The van der Waals surface area contributed by atoms with E-state index in [9.17, 15) is 9.59 Å². The molecule has 0 saturated heterocycles. The number of anilines is 2. The standard InChI is InChI=1S/C19H16ClN3O3/c1-11-17(18(23-26-11)13-7-3-4-8-14(13)20)19(25)22-16-10-6-5-9-15(16)21-12(2)24/h3-10H,1-2H3,(H,21,24)(H,22,25). The van der Waals surface area contributed by atoms with E-state index >= 15 is 0 Å². The van der Waals surface area contributed by atoms with Crippen LogP contribution in [0.2, 0.25) is 5.02 Å². The Bertz CT molecular complexity index is 982. The summed E-state index contributed by atoms with van der Waals surface area (Å²) in [6.45, 7) is 3.06. The van der Waals surface area contributed by atoms with Crippen LogP contribution in [0, 0.1) is 6.92 Å². The fourth-order valence-corrected chi connectivity index (χ4v) is 2.78. The van der Waals surface area contributed by atoms with E-state index in [0.717, 1.165) is 0 Å². The molecule has 3 rings (SSSR count). The van der Waals surface area contributed by atoms with Crippen LogP contribution in [-0.4, -0.2) is 17.0 Å². The zero-order chi connectivity index (χ0) is 18.7. The summed E-state index contributed by atoms with van der Waals surface area (Å²) in [5, 5.41) is 9.93. The maximum Gasteiger partial charge on any atom is 0.261 e. The van der Waals surface area contributed by atoms with Crippen molar-refractivity contribution in [3.8, 4) is 11.3 Å². The van der Waals surface area contributed by atoms with Gasteiger partial charge in [-0.25, -0.2) is 0 Å². The van der Waals surface area contributed by atoms with E-state index in [-0.39, 0.29) is 11.5 Å². The number of para-hydroxylation sites is 2. The largest absolute Gasteiger partial charge is 0.360 e. The van der Waals surface area contributed by atoms with Crippen molar-refractivity contribution in [1.29, 1.82) is 0 Å². The van der Waals surface area contributed by atoms with Crippen molar-refractivity contribution in [2.24, 2.45) is 0 Å². The van der Waals surface area contributed by atoms with Gasteiger partial charge in [0, 0.05) is 12.5 Å². The lowest BCUT2D eigenvalue weighted by atomic mass is 10.1. The van der Waals surface area contributed by atoms with Crippen molar-refractivity contribution in [2.75, 3.05) is 10.6 Å². The van der Waals surface area contributed by atoms with Crippen molar-refractivity contribution in [3.05, 3.63) is 64.9 Å². The average Bonchev–Trinajstić information content (AvgIpc) is 2.98. The van der Waals surface area contributed by atoms with E-state index in [1.54, 1.807) is 55.5 Å². The van der Waals surface area contributed by atoms with Gasteiger partial charge in [0.25, 0.3) is 5.91 Å². The molecule has 2 N–H and O–H groups in total. The SMILES string of the molecule is CC(=O)Nc1ccccc1NC(=O)c1c(-c2ccccc2Cl)noc1C. The van der Waals surface area contributed by atoms with Gasteiger partial charge in [-0.2, -0.15) is 0 Å². The number of carbonyl (C=O) groups excluding carboxylic acids is 2. The van der Waals surface area contributed by atoms with Gasteiger partial charge in [-0.1, -0.05) is 47.1 Å². The minimum Gasteiger partial charge on any atom is -0.360 e. The first-order valence-corrected chi connectivity index (χ1v) is 8.24. The van der Waals surface area contributed by atoms with E-state index in [1.165, 1.54) is 6.92 Å². The number of aromatic nitrogens is 1. The lowest BCUT2D eigenvalue weighted by molar-refractivity contribution is -0.114. The molecule has 1 aromatic heterocycles. The number of carbonyl (C=O) groups is 2. The predicted molar refractivity (Wildman–Crippen MR) is 100 cm³/mol. The number of amides is 2. The molecule has 1 heterocycles. The predicted octanol–water partition coefficient (Wildman–Crippen LogP) is 4.51. The Kier molecular flexibility index (Phi) is 5.04. The van der Waals surface area contributed by atoms with E-state index in [0.29, 0.717) is 33.4 Å². The summed E-state index contributed by atoms with van der Waals surface area (Å²) in [7, 11) is 0. The smallest absolute Gasteiger partial charge is 0.261 e. The lowest BCUT2D eigenvalue weighted by Crippen LogP contribution is -2.16. The summed E-state index contributed by atoms with van der Waals surface area (Å²) < 4.78 is 5.22. The first-order chi connectivity index (χ1) is 12.5. The number of nitrogens with zero attached hydrogens (tertiary/aromatic N) is 1. The molecule has 3 aromatic rings. The van der Waals surface area contributed by atoms with Crippen LogP contribution >= 0.6 is 11.6 Å². The van der Waals surface area contributed by atoms with E-state index in [4.69, 9.17) is 16.1 Å². The molecule has 0 aliphatic heterocycles. The number of benzene rings is 2. The molecule has 0 radical (unpaired) electrons. The van der Waals surface area contributed by atoms with Gasteiger partial charge in [0.1, 0.15) is 17.0 Å². The summed E-state index contributed by atoms with van der Waals surface area (Å²) in [4.78, 5) is 24.2. The molecule has 7 heteroatoms. The molecule has 26 heavy (non-hydrogen) atoms. The van der Waals surface area contributed by atoms with Crippen molar-refractivity contribution in [1.82, 2.24) is 5.16 Å². The highest BCUT2D eigenvalue weighted by Gasteiger charge is 2.23. The van der Waals surface area contributed by atoms with Gasteiger partial charge in [0.2, 0.25) is 5.91 Å². The number of aryl methyl sites for hydroxylation is 1. The van der Waals surface area contributed by atoms with E-state index in [2.05, 4.69) is 15.8 Å². The minimum atomic E-state index is -0.406. The van der Waals surface area contributed by atoms with Crippen LogP contribution in [0.3, 0.4) is 0 Å². The van der Waals surface area contributed by atoms with Crippen molar-refractivity contribution in [2.45, 2.75) is 13.8 Å². The lowest BCUT2D eigenvalue weighted by Gasteiger charge is -2.11. The third kappa shape index (κ3) is 3.60. The second-order valence-electron chi connectivity index (χ2n) is 5.62. The highest BCUT2D eigenvalue weighted by Crippen LogP contribution is 2.32. The highest BCUT2D eigenvalue weighted by atomic mass is 35.5. The van der Waals surface area contributed by atoms with Crippen LogP contribution in [0.15, 0.2) is 53.1 Å². The Balaban J connectivity index is 1.97. The van der Waals surface area contributed by atoms with Gasteiger partial charge in [-0.3, -0.25) is 9.59 Å². The van der Waals surface area contributed by atoms with Gasteiger partial charge in [-0.15, -0.1) is 0 Å². The van der Waals surface area contributed by atoms with Gasteiger partial charge in [-0.05, 0) is 25.1 Å². The Morgan fingerprint density at radius 2 is 1.62 bits per heavy atom. The summed E-state index contributed by atoms with van der Waals surface area (Å²) in [6, 6.07) is 14.0. The molecule has 0 unspecified atom stereocenters. The van der Waals surface area contributed by atoms with Crippen molar-refractivity contribution < 1.29 is 14.1 Å². The second kappa shape index (κ2) is 7.41. The molecule has 0 fully saturated rings. The van der Waals surface area contributed by atoms with Crippen LogP contribution in [0.1, 0.15) is 23.0 Å². The molecular weight excluding hydrogens is 354 g/mol. The van der Waals surface area contributed by atoms with Crippen molar-refractivity contribution >= 4 is 34.8 Å². The zero-order valence-corrected chi connectivity index (χ0v) is 14.9.